The summed E-state index contributed by atoms with van der Waals surface area (Å²) in [4.78, 5) is 0. The summed E-state index contributed by atoms with van der Waals surface area (Å²) in [6, 6.07) is 8.82. The van der Waals surface area contributed by atoms with Crippen LogP contribution in [0.15, 0.2) is 24.3 Å². The van der Waals surface area contributed by atoms with Gasteiger partial charge in [0.2, 0.25) is 0 Å². The number of benzene rings is 1. The van der Waals surface area contributed by atoms with E-state index in [0.717, 1.165) is 38.5 Å². The molecule has 0 aliphatic rings. The van der Waals surface area contributed by atoms with Gasteiger partial charge in [-0.15, -0.1) is 11.6 Å². The van der Waals surface area contributed by atoms with E-state index in [1.54, 1.807) is 0 Å². The van der Waals surface area contributed by atoms with Gasteiger partial charge in [0.05, 0.1) is 25.7 Å². The first-order valence-electron chi connectivity index (χ1n) is 12.7. The summed E-state index contributed by atoms with van der Waals surface area (Å²) in [5, 5.41) is 0. The van der Waals surface area contributed by atoms with Crippen molar-refractivity contribution in [1.82, 2.24) is 0 Å². The fraction of sp³-hybridized carbons (Fsp3) is 0.778. The van der Waals surface area contributed by atoms with Crippen molar-refractivity contribution >= 4 is 11.6 Å². The lowest BCUT2D eigenvalue weighted by atomic mass is 9.89. The predicted molar refractivity (Wildman–Crippen MR) is 133 cm³/mol. The van der Waals surface area contributed by atoms with Crippen LogP contribution in [-0.2, 0) is 20.6 Å². The van der Waals surface area contributed by atoms with E-state index in [1.165, 1.54) is 43.2 Å². The minimum atomic E-state index is -1.01. The molecule has 0 amide bonds. The van der Waals surface area contributed by atoms with Gasteiger partial charge in [0.15, 0.2) is 0 Å². The van der Waals surface area contributed by atoms with E-state index in [0.29, 0.717) is 25.7 Å². The highest BCUT2D eigenvalue weighted by atomic mass is 35.5. The molecule has 1 rings (SSSR count). The lowest BCUT2D eigenvalue weighted by Crippen LogP contribution is -2.46. The Kier molecular flexibility index (Phi) is 16.4. The molecule has 1 unspecified atom stereocenters. The number of hydrogen-bond acceptors (Lipinski definition) is 3. The summed E-state index contributed by atoms with van der Waals surface area (Å²) < 4.78 is 19.2. The molecule has 0 fully saturated rings. The number of unbranched alkanes of at least 4 members (excludes halogenated alkanes) is 5. The number of ether oxygens (including phenoxy) is 3. The van der Waals surface area contributed by atoms with Crippen LogP contribution in [0.2, 0.25) is 0 Å². The van der Waals surface area contributed by atoms with Crippen molar-refractivity contribution in [3.8, 4) is 0 Å². The number of alkyl halides is 1. The molecule has 1 atom stereocenters. The van der Waals surface area contributed by atoms with Gasteiger partial charge in [0.1, 0.15) is 0 Å². The van der Waals surface area contributed by atoms with Crippen LogP contribution in [0.5, 0.6) is 0 Å². The molecule has 0 saturated heterocycles. The van der Waals surface area contributed by atoms with Gasteiger partial charge in [0.25, 0.3) is 5.97 Å². The highest BCUT2D eigenvalue weighted by Crippen LogP contribution is 2.39. The maximum atomic E-state index is 6.41. The summed E-state index contributed by atoms with van der Waals surface area (Å²) in [5.74, 6) is -0.323. The van der Waals surface area contributed by atoms with Gasteiger partial charge in [-0.2, -0.15) is 0 Å². The highest BCUT2D eigenvalue weighted by molar-refractivity contribution is 6.17. The Labute approximate surface area is 197 Å². The van der Waals surface area contributed by atoms with E-state index in [-0.39, 0.29) is 5.92 Å². The minimum Gasteiger partial charge on any atom is -0.327 e. The van der Waals surface area contributed by atoms with Crippen LogP contribution in [-0.4, -0.2) is 31.7 Å². The van der Waals surface area contributed by atoms with Gasteiger partial charge in [0, 0.05) is 5.88 Å². The Balaban J connectivity index is 3.14. The van der Waals surface area contributed by atoms with E-state index < -0.39 is 5.97 Å². The third-order valence-electron chi connectivity index (χ3n) is 5.56. The number of hydrogen-bond donors (Lipinski definition) is 0. The largest absolute Gasteiger partial charge is 0.327 e. The fourth-order valence-corrected chi connectivity index (χ4v) is 4.08. The zero-order valence-electron chi connectivity index (χ0n) is 20.6. The summed E-state index contributed by atoms with van der Waals surface area (Å²) in [7, 11) is 0. The average molecular weight is 455 g/mol. The molecule has 0 saturated carbocycles. The Morgan fingerprint density at radius 2 is 1.23 bits per heavy atom. The molecule has 0 aromatic heterocycles. The smallest absolute Gasteiger partial charge is 0.290 e. The van der Waals surface area contributed by atoms with Crippen LogP contribution in [0.1, 0.15) is 109 Å². The minimum absolute atomic E-state index is 0.0494. The third kappa shape index (κ3) is 10.7. The second-order valence-corrected chi connectivity index (χ2v) is 8.82. The lowest BCUT2D eigenvalue weighted by Gasteiger charge is -2.40. The summed E-state index contributed by atoms with van der Waals surface area (Å²) in [6.45, 7) is 10.6. The van der Waals surface area contributed by atoms with Crippen molar-refractivity contribution in [3.05, 3.63) is 35.4 Å². The fourth-order valence-electron chi connectivity index (χ4n) is 3.86. The van der Waals surface area contributed by atoms with Crippen LogP contribution in [0.3, 0.4) is 0 Å². The Morgan fingerprint density at radius 1 is 0.710 bits per heavy atom. The first kappa shape index (κ1) is 28.4. The molecule has 4 heteroatoms. The molecular formula is C27H47ClO3. The molecule has 180 valence electrons. The summed E-state index contributed by atoms with van der Waals surface area (Å²) >= 11 is 5.94. The average Bonchev–Trinajstić information content (AvgIpc) is 2.80. The van der Waals surface area contributed by atoms with Crippen LogP contribution >= 0.6 is 11.6 Å². The summed E-state index contributed by atoms with van der Waals surface area (Å²) in [5.41, 5.74) is 2.50. The molecule has 0 aliphatic heterocycles. The van der Waals surface area contributed by atoms with Crippen molar-refractivity contribution < 1.29 is 14.2 Å². The predicted octanol–water partition coefficient (Wildman–Crippen LogP) is 8.24. The molecule has 0 heterocycles. The molecule has 1 aromatic carbocycles. The van der Waals surface area contributed by atoms with Gasteiger partial charge >= 0.3 is 0 Å². The quantitative estimate of drug-likeness (QED) is 0.113. The Morgan fingerprint density at radius 3 is 1.71 bits per heavy atom. The maximum absolute atomic E-state index is 6.41. The van der Waals surface area contributed by atoms with Gasteiger partial charge in [-0.05, 0) is 43.2 Å². The lowest BCUT2D eigenvalue weighted by molar-refractivity contribution is -0.392. The van der Waals surface area contributed by atoms with Crippen molar-refractivity contribution in [2.24, 2.45) is 0 Å². The second kappa shape index (κ2) is 17.9. The van der Waals surface area contributed by atoms with Gasteiger partial charge in [-0.3, -0.25) is 0 Å². The molecular weight excluding hydrogens is 408 g/mol. The molecule has 0 N–H and O–H groups in total. The van der Waals surface area contributed by atoms with Crippen molar-refractivity contribution in [2.75, 3.05) is 25.7 Å². The molecule has 0 radical (unpaired) electrons. The van der Waals surface area contributed by atoms with Crippen molar-refractivity contribution in [1.29, 1.82) is 0 Å². The monoisotopic (exact) mass is 454 g/mol. The normalized spacial score (nSPS) is 12.9. The standard InChI is InChI=1S/C27H47ClO3/c1-5-9-10-11-12-13-14-26(25-17-15-24(16-18-25)19-20-28)27(29-21-6-2,30-22-7-3)31-23-8-4/h15-18,26H,5-14,19-23H2,1-4H3. The SMILES string of the molecule is CCCCCCCCC(c1ccc(CCCl)cc1)C(OCCC)(OCCC)OCCC. The summed E-state index contributed by atoms with van der Waals surface area (Å²) in [6.07, 6.45) is 12.3. The van der Waals surface area contributed by atoms with E-state index >= 15 is 0 Å². The molecule has 3 nitrogen and oxygen atoms in total. The van der Waals surface area contributed by atoms with Crippen LogP contribution in [0.25, 0.3) is 0 Å². The number of halogens is 1. The Hall–Kier alpha value is -0.610. The number of rotatable bonds is 20. The first-order valence-corrected chi connectivity index (χ1v) is 13.3. The topological polar surface area (TPSA) is 27.7 Å². The van der Waals surface area contributed by atoms with Crippen LogP contribution in [0.4, 0.5) is 0 Å². The van der Waals surface area contributed by atoms with Crippen molar-refractivity contribution in [3.63, 3.8) is 0 Å². The van der Waals surface area contributed by atoms with Gasteiger partial charge < -0.3 is 14.2 Å². The zero-order chi connectivity index (χ0) is 22.8. The van der Waals surface area contributed by atoms with E-state index in [1.807, 2.05) is 0 Å². The van der Waals surface area contributed by atoms with Crippen molar-refractivity contribution in [2.45, 2.75) is 110 Å². The molecule has 31 heavy (non-hydrogen) atoms. The van der Waals surface area contributed by atoms with E-state index in [4.69, 9.17) is 25.8 Å². The van der Waals surface area contributed by atoms with Crippen LogP contribution < -0.4 is 0 Å². The number of aryl methyl sites for hydroxylation is 1. The highest BCUT2D eigenvalue weighted by Gasteiger charge is 2.43. The molecule has 0 bridgehead atoms. The third-order valence-corrected chi connectivity index (χ3v) is 5.75. The van der Waals surface area contributed by atoms with E-state index in [9.17, 15) is 0 Å². The first-order chi connectivity index (χ1) is 15.2. The van der Waals surface area contributed by atoms with Gasteiger partial charge in [-0.25, -0.2) is 0 Å². The van der Waals surface area contributed by atoms with Crippen LogP contribution in [0, 0.1) is 0 Å². The molecule has 0 spiro atoms. The van der Waals surface area contributed by atoms with E-state index in [2.05, 4.69) is 52.0 Å². The maximum Gasteiger partial charge on any atom is 0.290 e. The zero-order valence-corrected chi connectivity index (χ0v) is 21.4. The second-order valence-electron chi connectivity index (χ2n) is 8.44. The Bertz CT molecular complexity index is 510. The van der Waals surface area contributed by atoms with Gasteiger partial charge in [-0.1, -0.05) is 90.5 Å². The molecule has 0 aliphatic carbocycles. The molecule has 1 aromatic rings.